The lowest BCUT2D eigenvalue weighted by atomic mass is 9.81. The normalized spacial score (nSPS) is 13.1. The Hall–Kier alpha value is -6.84. The van der Waals surface area contributed by atoms with Gasteiger partial charge in [-0.2, -0.15) is 0 Å². The molecule has 11 rings (SSSR count). The predicted molar refractivity (Wildman–Crippen MR) is 225 cm³/mol. The SMILES string of the molecule is CC1(C)c2cc(-c3cccc4c5cc6ccccc6cc5n(-c5nc(-c6ccccc6)cc(-c6ccccc6)n5)c34)ccc2-c2c1ccc1ccccc21. The fraction of sp³-hybridized carbons (Fsp3) is 0.0588. The molecule has 0 amide bonds. The van der Waals surface area contributed by atoms with Gasteiger partial charge in [0.1, 0.15) is 0 Å². The van der Waals surface area contributed by atoms with Crippen LogP contribution in [0.3, 0.4) is 0 Å². The van der Waals surface area contributed by atoms with Crippen LogP contribution < -0.4 is 0 Å². The van der Waals surface area contributed by atoms with Crippen molar-refractivity contribution in [3.8, 4) is 50.7 Å². The zero-order valence-corrected chi connectivity index (χ0v) is 30.1. The molecule has 0 fully saturated rings. The Kier molecular flexibility index (Phi) is 6.60. The first-order valence-electron chi connectivity index (χ1n) is 18.7. The third-order valence-corrected chi connectivity index (χ3v) is 11.6. The number of benzene rings is 8. The summed E-state index contributed by atoms with van der Waals surface area (Å²) in [6, 6.07) is 63.5. The Labute approximate surface area is 313 Å². The molecule has 0 radical (unpaired) electrons. The van der Waals surface area contributed by atoms with E-state index in [1.165, 1.54) is 60.1 Å². The fourth-order valence-corrected chi connectivity index (χ4v) is 8.91. The molecule has 1 aliphatic carbocycles. The minimum absolute atomic E-state index is 0.152. The van der Waals surface area contributed by atoms with E-state index in [9.17, 15) is 0 Å². The molecule has 1 aliphatic rings. The van der Waals surface area contributed by atoms with Crippen LogP contribution in [-0.4, -0.2) is 14.5 Å². The molecule has 8 aromatic carbocycles. The highest BCUT2D eigenvalue weighted by molar-refractivity contribution is 6.17. The van der Waals surface area contributed by atoms with E-state index in [1.54, 1.807) is 0 Å². The summed E-state index contributed by atoms with van der Waals surface area (Å²) in [6.45, 7) is 4.74. The Morgan fingerprint density at radius 3 is 1.78 bits per heavy atom. The smallest absolute Gasteiger partial charge is 0.235 e. The second-order valence-corrected chi connectivity index (χ2v) is 15.0. The summed E-state index contributed by atoms with van der Waals surface area (Å²) in [5, 5.41) is 7.34. The van der Waals surface area contributed by atoms with Crippen molar-refractivity contribution in [2.75, 3.05) is 0 Å². The number of hydrogen-bond acceptors (Lipinski definition) is 2. The molecule has 2 aromatic heterocycles. The van der Waals surface area contributed by atoms with Crippen molar-refractivity contribution in [1.29, 1.82) is 0 Å². The van der Waals surface area contributed by atoms with Crippen LogP contribution >= 0.6 is 0 Å². The van der Waals surface area contributed by atoms with Gasteiger partial charge in [-0.25, -0.2) is 9.97 Å². The predicted octanol–water partition coefficient (Wildman–Crippen LogP) is 13.2. The highest BCUT2D eigenvalue weighted by atomic mass is 15.2. The standard InChI is InChI=1S/C51H35N3/c1-51(2)43-27-25-32-14-11-12-21-38(32)48(43)41-26-24-37(29-44(41)51)39-22-13-23-40-42-28-35-19-9-10-20-36(35)30-47(42)54(49(39)40)50-52-45(33-15-5-3-6-16-33)31-46(53-50)34-17-7-4-8-18-34/h3-31H,1-2H3. The van der Waals surface area contributed by atoms with Crippen molar-refractivity contribution < 1.29 is 0 Å². The monoisotopic (exact) mass is 689 g/mol. The van der Waals surface area contributed by atoms with Crippen molar-refractivity contribution in [3.63, 3.8) is 0 Å². The molecular weight excluding hydrogens is 655 g/mol. The summed E-state index contributed by atoms with van der Waals surface area (Å²) in [7, 11) is 0. The Morgan fingerprint density at radius 1 is 0.426 bits per heavy atom. The lowest BCUT2D eigenvalue weighted by Crippen LogP contribution is -2.15. The summed E-state index contributed by atoms with van der Waals surface area (Å²) in [4.78, 5) is 10.8. The maximum atomic E-state index is 5.38. The van der Waals surface area contributed by atoms with E-state index in [4.69, 9.17) is 9.97 Å². The zero-order valence-electron chi connectivity index (χ0n) is 30.1. The van der Waals surface area contributed by atoms with Crippen molar-refractivity contribution in [1.82, 2.24) is 14.5 Å². The lowest BCUT2D eigenvalue weighted by Gasteiger charge is -2.22. The van der Waals surface area contributed by atoms with Crippen molar-refractivity contribution in [2.45, 2.75) is 19.3 Å². The maximum Gasteiger partial charge on any atom is 0.235 e. The second-order valence-electron chi connectivity index (χ2n) is 15.0. The molecule has 54 heavy (non-hydrogen) atoms. The van der Waals surface area contributed by atoms with Crippen LogP contribution in [-0.2, 0) is 5.41 Å². The van der Waals surface area contributed by atoms with Crippen LogP contribution in [0.2, 0.25) is 0 Å². The van der Waals surface area contributed by atoms with Gasteiger partial charge in [-0.3, -0.25) is 4.57 Å². The Morgan fingerprint density at radius 2 is 1.06 bits per heavy atom. The molecule has 0 N–H and O–H groups in total. The van der Waals surface area contributed by atoms with Crippen LogP contribution in [0.4, 0.5) is 0 Å². The van der Waals surface area contributed by atoms with E-state index in [0.29, 0.717) is 5.95 Å². The Bertz CT molecular complexity index is 3060. The van der Waals surface area contributed by atoms with E-state index in [2.05, 4.69) is 182 Å². The van der Waals surface area contributed by atoms with E-state index in [1.807, 2.05) is 12.1 Å². The molecule has 3 heteroatoms. The van der Waals surface area contributed by atoms with Gasteiger partial charge < -0.3 is 0 Å². The van der Waals surface area contributed by atoms with Crippen LogP contribution in [0.25, 0.3) is 94.1 Å². The van der Waals surface area contributed by atoms with Crippen LogP contribution in [0.5, 0.6) is 0 Å². The largest absolute Gasteiger partial charge is 0.277 e. The maximum absolute atomic E-state index is 5.38. The highest BCUT2D eigenvalue weighted by Crippen LogP contribution is 2.52. The van der Waals surface area contributed by atoms with Gasteiger partial charge in [0.25, 0.3) is 0 Å². The van der Waals surface area contributed by atoms with Gasteiger partial charge in [0.2, 0.25) is 5.95 Å². The Balaban J connectivity index is 1.22. The van der Waals surface area contributed by atoms with Gasteiger partial charge in [-0.15, -0.1) is 0 Å². The first-order chi connectivity index (χ1) is 26.5. The van der Waals surface area contributed by atoms with E-state index < -0.39 is 0 Å². The number of fused-ring (bicyclic) bond motifs is 9. The molecule has 10 aromatic rings. The second kappa shape index (κ2) is 11.6. The van der Waals surface area contributed by atoms with Gasteiger partial charge in [-0.05, 0) is 73.6 Å². The summed E-state index contributed by atoms with van der Waals surface area (Å²) >= 11 is 0. The molecule has 0 unspecified atom stereocenters. The number of hydrogen-bond donors (Lipinski definition) is 0. The highest BCUT2D eigenvalue weighted by Gasteiger charge is 2.36. The number of nitrogens with zero attached hydrogens (tertiary/aromatic N) is 3. The molecule has 254 valence electrons. The molecule has 0 bridgehead atoms. The van der Waals surface area contributed by atoms with Crippen LogP contribution in [0.15, 0.2) is 176 Å². The van der Waals surface area contributed by atoms with Crippen LogP contribution in [0.1, 0.15) is 25.0 Å². The number of rotatable bonds is 4. The third kappa shape index (κ3) is 4.55. The zero-order chi connectivity index (χ0) is 36.0. The summed E-state index contributed by atoms with van der Waals surface area (Å²) in [5.41, 5.74) is 13.7. The molecular formula is C51H35N3. The van der Waals surface area contributed by atoms with Crippen molar-refractivity contribution in [2.24, 2.45) is 0 Å². The third-order valence-electron chi connectivity index (χ3n) is 11.6. The van der Waals surface area contributed by atoms with E-state index in [-0.39, 0.29) is 5.41 Å². The van der Waals surface area contributed by atoms with Crippen molar-refractivity contribution in [3.05, 3.63) is 187 Å². The number of para-hydroxylation sites is 1. The van der Waals surface area contributed by atoms with Gasteiger partial charge in [0.05, 0.1) is 22.4 Å². The molecule has 2 heterocycles. The minimum atomic E-state index is -0.152. The van der Waals surface area contributed by atoms with E-state index in [0.717, 1.165) is 39.1 Å². The first kappa shape index (κ1) is 30.8. The van der Waals surface area contributed by atoms with Gasteiger partial charge >= 0.3 is 0 Å². The van der Waals surface area contributed by atoms with Gasteiger partial charge in [0, 0.05) is 32.9 Å². The quantitative estimate of drug-likeness (QED) is 0.184. The molecule has 0 atom stereocenters. The molecule has 0 spiro atoms. The fourth-order valence-electron chi connectivity index (χ4n) is 8.91. The summed E-state index contributed by atoms with van der Waals surface area (Å²) in [6.07, 6.45) is 0. The van der Waals surface area contributed by atoms with Gasteiger partial charge in [-0.1, -0.05) is 166 Å². The minimum Gasteiger partial charge on any atom is -0.277 e. The summed E-state index contributed by atoms with van der Waals surface area (Å²) in [5.74, 6) is 0.651. The average Bonchev–Trinajstić information content (AvgIpc) is 3.68. The topological polar surface area (TPSA) is 30.7 Å². The molecule has 0 saturated heterocycles. The van der Waals surface area contributed by atoms with Crippen LogP contribution in [0, 0.1) is 0 Å². The first-order valence-corrected chi connectivity index (χ1v) is 18.7. The summed E-state index contributed by atoms with van der Waals surface area (Å²) < 4.78 is 2.31. The number of aromatic nitrogens is 3. The van der Waals surface area contributed by atoms with Gasteiger partial charge in [0.15, 0.2) is 0 Å². The lowest BCUT2D eigenvalue weighted by molar-refractivity contribution is 0.661. The molecule has 0 aliphatic heterocycles. The van der Waals surface area contributed by atoms with Crippen molar-refractivity contribution >= 4 is 43.4 Å². The van der Waals surface area contributed by atoms with E-state index >= 15 is 0 Å². The average molecular weight is 690 g/mol. The molecule has 3 nitrogen and oxygen atoms in total. The molecule has 0 saturated carbocycles.